The minimum absolute atomic E-state index is 0.511. The maximum atomic E-state index is 6.17. The van der Waals surface area contributed by atoms with Gasteiger partial charge in [-0.15, -0.1) is 0 Å². The Morgan fingerprint density at radius 2 is 1.24 bits per heavy atom. The molecule has 112 valence electrons. The summed E-state index contributed by atoms with van der Waals surface area (Å²) in [5.74, 6) is 2.96. The molecule has 0 spiro atoms. The first-order chi connectivity index (χ1) is 9.88. The lowest BCUT2D eigenvalue weighted by Crippen LogP contribution is -1.95. The molecule has 0 bridgehead atoms. The van der Waals surface area contributed by atoms with Crippen molar-refractivity contribution in [2.75, 3.05) is 0 Å². The van der Waals surface area contributed by atoms with E-state index in [0.717, 1.165) is 11.5 Å². The van der Waals surface area contributed by atoms with Crippen LogP contribution in [0.4, 0.5) is 0 Å². The summed E-state index contributed by atoms with van der Waals surface area (Å²) in [7, 11) is 0. The summed E-state index contributed by atoms with van der Waals surface area (Å²) in [5.41, 5.74) is 5.03. The fraction of sp³-hybridized carbons (Fsp3) is 0.400. The van der Waals surface area contributed by atoms with Crippen molar-refractivity contribution >= 4 is 0 Å². The lowest BCUT2D eigenvalue weighted by Gasteiger charge is -2.15. The van der Waals surface area contributed by atoms with Gasteiger partial charge in [-0.05, 0) is 60.1 Å². The predicted molar refractivity (Wildman–Crippen MR) is 90.6 cm³/mol. The highest BCUT2D eigenvalue weighted by molar-refractivity contribution is 5.44. The van der Waals surface area contributed by atoms with Crippen molar-refractivity contribution in [1.29, 1.82) is 0 Å². The zero-order chi connectivity index (χ0) is 15.6. The monoisotopic (exact) mass is 282 g/mol. The van der Waals surface area contributed by atoms with E-state index in [-0.39, 0.29) is 0 Å². The minimum atomic E-state index is 0.511. The molecule has 0 radical (unpaired) electrons. The van der Waals surface area contributed by atoms with Gasteiger partial charge in [-0.25, -0.2) is 0 Å². The topological polar surface area (TPSA) is 9.23 Å². The molecule has 0 N–H and O–H groups in total. The second-order valence-electron chi connectivity index (χ2n) is 6.46. The first kappa shape index (κ1) is 15.6. The molecule has 0 amide bonds. The normalized spacial score (nSPS) is 11.2. The molecule has 0 fully saturated rings. The Labute approximate surface area is 129 Å². The highest BCUT2D eigenvalue weighted by Crippen LogP contribution is 2.31. The van der Waals surface area contributed by atoms with Crippen LogP contribution < -0.4 is 4.74 Å². The molecule has 1 nitrogen and oxygen atoms in total. The van der Waals surface area contributed by atoms with Crippen LogP contribution in [0.2, 0.25) is 0 Å². The third kappa shape index (κ3) is 3.66. The van der Waals surface area contributed by atoms with Gasteiger partial charge in [-0.3, -0.25) is 0 Å². The Balaban J connectivity index is 2.32. The number of benzene rings is 2. The molecule has 0 atom stereocenters. The van der Waals surface area contributed by atoms with E-state index in [1.807, 2.05) is 0 Å². The van der Waals surface area contributed by atoms with Gasteiger partial charge in [-0.1, -0.05) is 52.0 Å². The summed E-state index contributed by atoms with van der Waals surface area (Å²) in [5, 5.41) is 0. The predicted octanol–water partition coefficient (Wildman–Crippen LogP) is 6.34. The van der Waals surface area contributed by atoms with Gasteiger partial charge in [0, 0.05) is 0 Å². The Morgan fingerprint density at radius 3 is 1.81 bits per heavy atom. The second kappa shape index (κ2) is 6.34. The first-order valence-corrected chi connectivity index (χ1v) is 7.77. The maximum Gasteiger partial charge on any atom is 0.130 e. The van der Waals surface area contributed by atoms with Gasteiger partial charge < -0.3 is 4.74 Å². The van der Waals surface area contributed by atoms with E-state index >= 15 is 0 Å². The average molecular weight is 282 g/mol. The molecule has 0 unspecified atom stereocenters. The summed E-state index contributed by atoms with van der Waals surface area (Å²) in [6, 6.07) is 13.0. The molecule has 21 heavy (non-hydrogen) atoms. The third-order valence-corrected chi connectivity index (χ3v) is 3.96. The van der Waals surface area contributed by atoms with Gasteiger partial charge in [0.15, 0.2) is 0 Å². The fourth-order valence-electron chi connectivity index (χ4n) is 2.35. The standard InChI is InChI=1S/C20H26O/c1-13(2)17-9-10-19(16(6)11-17)21-20-12-18(14(3)4)8-7-15(20)5/h7-14H,1-6H3. The van der Waals surface area contributed by atoms with E-state index in [9.17, 15) is 0 Å². The van der Waals surface area contributed by atoms with E-state index in [1.54, 1.807) is 0 Å². The van der Waals surface area contributed by atoms with Crippen LogP contribution in [0.1, 0.15) is 61.8 Å². The fourth-order valence-corrected chi connectivity index (χ4v) is 2.35. The molecule has 0 heterocycles. The molecule has 2 aromatic rings. The molecule has 1 heteroatoms. The summed E-state index contributed by atoms with van der Waals surface area (Å²) >= 11 is 0. The average Bonchev–Trinajstić information content (AvgIpc) is 2.42. The van der Waals surface area contributed by atoms with Crippen LogP contribution in [0.5, 0.6) is 11.5 Å². The van der Waals surface area contributed by atoms with Gasteiger partial charge in [0.05, 0.1) is 0 Å². The summed E-state index contributed by atoms with van der Waals surface area (Å²) in [4.78, 5) is 0. The minimum Gasteiger partial charge on any atom is -0.457 e. The van der Waals surface area contributed by atoms with Crippen molar-refractivity contribution in [3.05, 3.63) is 58.7 Å². The Hall–Kier alpha value is -1.76. The summed E-state index contributed by atoms with van der Waals surface area (Å²) < 4.78 is 6.17. The van der Waals surface area contributed by atoms with Gasteiger partial charge >= 0.3 is 0 Å². The number of ether oxygens (including phenoxy) is 1. The molecule has 0 aliphatic heterocycles. The molecule has 2 aromatic carbocycles. The van der Waals surface area contributed by atoms with Crippen molar-refractivity contribution in [2.45, 2.75) is 53.4 Å². The molecule has 0 saturated carbocycles. The smallest absolute Gasteiger partial charge is 0.130 e. The van der Waals surface area contributed by atoms with Crippen LogP contribution in [0.15, 0.2) is 36.4 Å². The van der Waals surface area contributed by atoms with E-state index in [1.165, 1.54) is 22.3 Å². The number of hydrogen-bond donors (Lipinski definition) is 0. The van der Waals surface area contributed by atoms with Crippen LogP contribution in [0, 0.1) is 13.8 Å². The van der Waals surface area contributed by atoms with Crippen LogP contribution in [0.3, 0.4) is 0 Å². The SMILES string of the molecule is Cc1cc(C(C)C)ccc1Oc1cc(C(C)C)ccc1C. The van der Waals surface area contributed by atoms with Gasteiger partial charge in [0.2, 0.25) is 0 Å². The third-order valence-electron chi connectivity index (χ3n) is 3.96. The van der Waals surface area contributed by atoms with Gasteiger partial charge in [-0.2, -0.15) is 0 Å². The summed E-state index contributed by atoms with van der Waals surface area (Å²) in [6.45, 7) is 13.0. The highest BCUT2D eigenvalue weighted by atomic mass is 16.5. The van der Waals surface area contributed by atoms with Gasteiger partial charge in [0.1, 0.15) is 11.5 Å². The van der Waals surface area contributed by atoms with E-state index in [0.29, 0.717) is 11.8 Å². The van der Waals surface area contributed by atoms with Crippen molar-refractivity contribution < 1.29 is 4.74 Å². The molecule has 0 saturated heterocycles. The zero-order valence-electron chi connectivity index (χ0n) is 14.0. The molecule has 0 aromatic heterocycles. The van der Waals surface area contributed by atoms with Crippen LogP contribution in [-0.4, -0.2) is 0 Å². The molecular formula is C20H26O. The van der Waals surface area contributed by atoms with Crippen molar-refractivity contribution in [1.82, 2.24) is 0 Å². The number of hydrogen-bond acceptors (Lipinski definition) is 1. The highest BCUT2D eigenvalue weighted by Gasteiger charge is 2.09. The van der Waals surface area contributed by atoms with Gasteiger partial charge in [0.25, 0.3) is 0 Å². The second-order valence-corrected chi connectivity index (χ2v) is 6.46. The lowest BCUT2D eigenvalue weighted by atomic mass is 10.0. The molecule has 2 rings (SSSR count). The van der Waals surface area contributed by atoms with Crippen LogP contribution in [0.25, 0.3) is 0 Å². The lowest BCUT2D eigenvalue weighted by molar-refractivity contribution is 0.473. The van der Waals surface area contributed by atoms with E-state index < -0.39 is 0 Å². The molecule has 0 aliphatic rings. The van der Waals surface area contributed by atoms with Crippen LogP contribution in [-0.2, 0) is 0 Å². The Bertz CT molecular complexity index is 624. The zero-order valence-corrected chi connectivity index (χ0v) is 14.0. The maximum absolute atomic E-state index is 6.17. The van der Waals surface area contributed by atoms with Crippen molar-refractivity contribution in [3.63, 3.8) is 0 Å². The number of rotatable bonds is 4. The Morgan fingerprint density at radius 1 is 0.667 bits per heavy atom. The molecular weight excluding hydrogens is 256 g/mol. The largest absolute Gasteiger partial charge is 0.457 e. The quantitative estimate of drug-likeness (QED) is 0.635. The summed E-state index contributed by atoms with van der Waals surface area (Å²) in [6.07, 6.45) is 0. The number of aryl methyl sites for hydroxylation is 2. The molecule has 0 aliphatic carbocycles. The first-order valence-electron chi connectivity index (χ1n) is 7.77. The van der Waals surface area contributed by atoms with E-state index in [4.69, 9.17) is 4.74 Å². The van der Waals surface area contributed by atoms with E-state index in [2.05, 4.69) is 77.9 Å². The Kier molecular flexibility index (Phi) is 4.72. The van der Waals surface area contributed by atoms with Crippen molar-refractivity contribution in [2.24, 2.45) is 0 Å². The van der Waals surface area contributed by atoms with Crippen molar-refractivity contribution in [3.8, 4) is 11.5 Å². The van der Waals surface area contributed by atoms with Crippen LogP contribution >= 0.6 is 0 Å².